The molecule has 152 valence electrons. The summed E-state index contributed by atoms with van der Waals surface area (Å²) < 4.78 is 10.5. The Morgan fingerprint density at radius 3 is 1.67 bits per heavy atom. The number of carbonyl (C=O) groups is 2. The normalized spacial score (nSPS) is 32.0. The molecule has 2 aliphatic rings. The minimum Gasteiger partial charge on any atom is -0.390 e. The molecule has 2 fully saturated rings. The van der Waals surface area contributed by atoms with E-state index in [-0.39, 0.29) is 43.0 Å². The van der Waals surface area contributed by atoms with E-state index in [0.29, 0.717) is 25.7 Å². The molecule has 0 heterocycles. The van der Waals surface area contributed by atoms with Crippen molar-refractivity contribution >= 4 is 11.6 Å². The van der Waals surface area contributed by atoms with Crippen LogP contribution in [0.25, 0.3) is 0 Å². The van der Waals surface area contributed by atoms with Gasteiger partial charge >= 0.3 is 0 Å². The van der Waals surface area contributed by atoms with Crippen molar-refractivity contribution in [2.75, 3.05) is 14.2 Å². The third-order valence-electron chi connectivity index (χ3n) is 5.54. The van der Waals surface area contributed by atoms with Crippen LogP contribution in [0.5, 0.6) is 0 Å². The third kappa shape index (κ3) is 6.96. The lowest BCUT2D eigenvalue weighted by molar-refractivity contribution is -0.126. The number of Topliss-reactive ketones (excluding diaryl/α,β-unsaturated/α-hetero) is 2. The van der Waals surface area contributed by atoms with Gasteiger partial charge in [-0.25, -0.2) is 0 Å². The minimum atomic E-state index is -0.448. The summed E-state index contributed by atoms with van der Waals surface area (Å²) in [7, 11) is 3.16. The first-order valence-corrected chi connectivity index (χ1v) is 9.73. The summed E-state index contributed by atoms with van der Waals surface area (Å²) >= 11 is 0. The number of carbonyl (C=O) groups excluding carboxylic acids is 2. The van der Waals surface area contributed by atoms with Crippen molar-refractivity contribution in [3.05, 3.63) is 23.3 Å². The predicted octanol–water partition coefficient (Wildman–Crippen LogP) is 2.27. The molecule has 2 aliphatic carbocycles. The molecular formula is C21H32O6. The van der Waals surface area contributed by atoms with Crippen molar-refractivity contribution in [3.8, 4) is 0 Å². The van der Waals surface area contributed by atoms with Crippen LogP contribution in [0.4, 0.5) is 0 Å². The van der Waals surface area contributed by atoms with Crippen molar-refractivity contribution in [3.63, 3.8) is 0 Å². The lowest BCUT2D eigenvalue weighted by atomic mass is 9.88. The molecule has 2 N–H and O–H groups in total. The second kappa shape index (κ2) is 10.9. The first kappa shape index (κ1) is 22.0. The van der Waals surface area contributed by atoms with Crippen LogP contribution in [0.15, 0.2) is 23.3 Å². The van der Waals surface area contributed by atoms with Gasteiger partial charge < -0.3 is 19.7 Å². The summed E-state index contributed by atoms with van der Waals surface area (Å²) in [6.45, 7) is 0. The topological polar surface area (TPSA) is 93.1 Å². The van der Waals surface area contributed by atoms with Crippen LogP contribution in [-0.4, -0.2) is 60.4 Å². The first-order valence-electron chi connectivity index (χ1n) is 9.73. The van der Waals surface area contributed by atoms with E-state index in [1.807, 2.05) is 12.2 Å². The summed E-state index contributed by atoms with van der Waals surface area (Å²) in [5.74, 6) is -0.167. The van der Waals surface area contributed by atoms with Gasteiger partial charge in [-0.1, -0.05) is 23.3 Å². The Morgan fingerprint density at radius 1 is 0.889 bits per heavy atom. The SMILES string of the molecule is COC1CC(=CCC(=O)CC(=O)CC=C2CCC(O)C(OC)C2)CCC1O. The Labute approximate surface area is 161 Å². The quantitative estimate of drug-likeness (QED) is 0.496. The van der Waals surface area contributed by atoms with Gasteiger partial charge in [-0.2, -0.15) is 0 Å². The van der Waals surface area contributed by atoms with Gasteiger partial charge in [0.1, 0.15) is 11.6 Å². The molecule has 0 saturated heterocycles. The Balaban J connectivity index is 1.75. The molecule has 6 heteroatoms. The Morgan fingerprint density at radius 2 is 1.30 bits per heavy atom. The number of methoxy groups -OCH3 is 2. The van der Waals surface area contributed by atoms with E-state index < -0.39 is 12.2 Å². The molecule has 0 radical (unpaired) electrons. The molecule has 2 saturated carbocycles. The van der Waals surface area contributed by atoms with E-state index in [0.717, 1.165) is 24.0 Å². The van der Waals surface area contributed by atoms with Crippen molar-refractivity contribution in [1.82, 2.24) is 0 Å². The number of hydrogen-bond donors (Lipinski definition) is 2. The molecule has 0 amide bonds. The van der Waals surface area contributed by atoms with Gasteiger partial charge in [0.15, 0.2) is 0 Å². The first-order chi connectivity index (χ1) is 12.9. The number of aliphatic hydroxyl groups excluding tert-OH is 2. The van der Waals surface area contributed by atoms with E-state index in [4.69, 9.17) is 9.47 Å². The number of aliphatic hydroxyl groups is 2. The highest BCUT2D eigenvalue weighted by atomic mass is 16.5. The number of ketones is 2. The van der Waals surface area contributed by atoms with Gasteiger partial charge in [0.25, 0.3) is 0 Å². The van der Waals surface area contributed by atoms with Crippen LogP contribution in [0.1, 0.15) is 57.8 Å². The van der Waals surface area contributed by atoms with Crippen LogP contribution in [-0.2, 0) is 19.1 Å². The predicted molar refractivity (Wildman–Crippen MR) is 101 cm³/mol. The van der Waals surface area contributed by atoms with Gasteiger partial charge in [-0.15, -0.1) is 0 Å². The van der Waals surface area contributed by atoms with Crippen LogP contribution < -0.4 is 0 Å². The number of hydrogen-bond acceptors (Lipinski definition) is 6. The van der Waals surface area contributed by atoms with Crippen molar-refractivity contribution in [2.24, 2.45) is 0 Å². The zero-order valence-electron chi connectivity index (χ0n) is 16.4. The molecule has 0 aromatic carbocycles. The zero-order chi connectivity index (χ0) is 19.8. The maximum absolute atomic E-state index is 12.1. The lowest BCUT2D eigenvalue weighted by Gasteiger charge is -2.28. The molecule has 0 aromatic heterocycles. The average molecular weight is 380 g/mol. The highest BCUT2D eigenvalue weighted by Gasteiger charge is 2.26. The molecule has 0 aliphatic heterocycles. The summed E-state index contributed by atoms with van der Waals surface area (Å²) in [6.07, 6.45) is 6.99. The van der Waals surface area contributed by atoms with Gasteiger partial charge in [0, 0.05) is 27.1 Å². The number of ether oxygens (including phenoxy) is 2. The molecule has 6 nitrogen and oxygen atoms in total. The standard InChI is InChI=1S/C21H32O6/c1-26-20-11-14(5-9-18(20)24)3-7-16(22)13-17(23)8-4-15-6-10-19(25)21(12-15)27-2/h3-4,18-21,24-25H,5-13H2,1-2H3. The summed E-state index contributed by atoms with van der Waals surface area (Å²) in [4.78, 5) is 24.2. The third-order valence-corrected chi connectivity index (χ3v) is 5.54. The van der Waals surface area contributed by atoms with Gasteiger partial charge in [0.2, 0.25) is 0 Å². The van der Waals surface area contributed by atoms with Gasteiger partial charge in [-0.05, 0) is 38.5 Å². The van der Waals surface area contributed by atoms with E-state index in [2.05, 4.69) is 0 Å². The summed E-state index contributed by atoms with van der Waals surface area (Å²) in [6, 6.07) is 0. The second-order valence-electron chi connectivity index (χ2n) is 7.56. The van der Waals surface area contributed by atoms with Crippen LogP contribution in [0.2, 0.25) is 0 Å². The highest BCUT2D eigenvalue weighted by molar-refractivity contribution is 6.00. The molecule has 0 bridgehead atoms. The Kier molecular flexibility index (Phi) is 8.83. The Bertz CT molecular complexity index is 529. The smallest absolute Gasteiger partial charge is 0.144 e. The molecule has 2 rings (SSSR count). The van der Waals surface area contributed by atoms with Crippen LogP contribution in [0.3, 0.4) is 0 Å². The fraction of sp³-hybridized carbons (Fsp3) is 0.714. The van der Waals surface area contributed by atoms with E-state index >= 15 is 0 Å². The van der Waals surface area contributed by atoms with Crippen molar-refractivity contribution in [2.45, 2.75) is 82.2 Å². The largest absolute Gasteiger partial charge is 0.390 e. The minimum absolute atomic E-state index is 0.0553. The van der Waals surface area contributed by atoms with Crippen molar-refractivity contribution in [1.29, 1.82) is 0 Å². The average Bonchev–Trinajstić information content (AvgIpc) is 2.66. The van der Waals surface area contributed by atoms with Crippen LogP contribution >= 0.6 is 0 Å². The maximum Gasteiger partial charge on any atom is 0.144 e. The van der Waals surface area contributed by atoms with Crippen LogP contribution in [0, 0.1) is 0 Å². The van der Waals surface area contributed by atoms with Crippen molar-refractivity contribution < 1.29 is 29.3 Å². The molecule has 27 heavy (non-hydrogen) atoms. The monoisotopic (exact) mass is 380 g/mol. The van der Waals surface area contributed by atoms with Gasteiger partial charge in [0.05, 0.1) is 30.8 Å². The molecule has 0 aromatic rings. The summed E-state index contributed by atoms with van der Waals surface area (Å²) in [5, 5.41) is 19.6. The van der Waals surface area contributed by atoms with E-state index in [1.54, 1.807) is 14.2 Å². The molecule has 0 spiro atoms. The molecule has 4 atom stereocenters. The summed E-state index contributed by atoms with van der Waals surface area (Å²) in [5.41, 5.74) is 2.22. The fourth-order valence-electron chi connectivity index (χ4n) is 3.76. The van der Waals surface area contributed by atoms with Gasteiger partial charge in [-0.3, -0.25) is 9.59 Å². The number of allylic oxidation sites excluding steroid dienone is 2. The molecular weight excluding hydrogens is 348 g/mol. The molecule has 4 unspecified atom stereocenters. The fourth-order valence-corrected chi connectivity index (χ4v) is 3.76. The van der Waals surface area contributed by atoms with E-state index in [1.165, 1.54) is 0 Å². The Hall–Kier alpha value is -1.34. The maximum atomic E-state index is 12.1. The highest BCUT2D eigenvalue weighted by Crippen LogP contribution is 2.27. The second-order valence-corrected chi connectivity index (χ2v) is 7.56. The van der Waals surface area contributed by atoms with E-state index in [9.17, 15) is 19.8 Å². The zero-order valence-corrected chi connectivity index (χ0v) is 16.4. The lowest BCUT2D eigenvalue weighted by Crippen LogP contribution is -2.32. The number of rotatable bonds is 8.